The third-order valence-electron chi connectivity index (χ3n) is 5.17. The lowest BCUT2D eigenvalue weighted by Crippen LogP contribution is -2.30. The number of ether oxygens (including phenoxy) is 1. The number of hydrogen-bond acceptors (Lipinski definition) is 7. The molecule has 1 aliphatic heterocycles. The van der Waals surface area contributed by atoms with Crippen LogP contribution in [0.1, 0.15) is 31.2 Å². The Balaban J connectivity index is 1.46. The number of hydrogen-bond donors (Lipinski definition) is 0. The van der Waals surface area contributed by atoms with Crippen molar-refractivity contribution < 1.29 is 9.26 Å². The molecule has 1 aliphatic rings. The summed E-state index contributed by atoms with van der Waals surface area (Å²) in [4.78, 5) is 13.7. The van der Waals surface area contributed by atoms with Crippen molar-refractivity contribution in [1.82, 2.24) is 20.0 Å². The lowest BCUT2D eigenvalue weighted by Gasteiger charge is -2.24. The Bertz CT molecular complexity index is 947. The zero-order valence-electron chi connectivity index (χ0n) is 16.1. The maximum absolute atomic E-state index is 6.22. The minimum atomic E-state index is -0.163. The van der Waals surface area contributed by atoms with E-state index in [0.29, 0.717) is 18.3 Å². The molecule has 0 spiro atoms. The van der Waals surface area contributed by atoms with Gasteiger partial charge in [-0.15, -0.1) is 0 Å². The fraction of sp³-hybridized carbons (Fsp3) is 0.450. The van der Waals surface area contributed by atoms with Gasteiger partial charge in [-0.1, -0.05) is 16.8 Å². The number of halogens is 1. The first-order chi connectivity index (χ1) is 13.6. The van der Waals surface area contributed by atoms with Crippen LogP contribution < -0.4 is 4.90 Å². The summed E-state index contributed by atoms with van der Waals surface area (Å²) in [6.45, 7) is 6.36. The minimum absolute atomic E-state index is 0.163. The molecule has 28 heavy (non-hydrogen) atoms. The normalized spacial score (nSPS) is 17.0. The van der Waals surface area contributed by atoms with Gasteiger partial charge in [0, 0.05) is 55.6 Å². The van der Waals surface area contributed by atoms with E-state index < -0.39 is 0 Å². The predicted octanol–water partition coefficient (Wildman–Crippen LogP) is 3.69. The van der Waals surface area contributed by atoms with Crippen LogP contribution in [0.3, 0.4) is 0 Å². The highest BCUT2D eigenvalue weighted by Gasteiger charge is 2.20. The first-order valence-electron chi connectivity index (χ1n) is 9.51. The van der Waals surface area contributed by atoms with Gasteiger partial charge in [0.15, 0.2) is 5.82 Å². The van der Waals surface area contributed by atoms with Crippen LogP contribution in [0.15, 0.2) is 35.0 Å². The van der Waals surface area contributed by atoms with Crippen molar-refractivity contribution >= 4 is 28.2 Å². The fourth-order valence-corrected chi connectivity index (χ4v) is 3.72. The molecule has 1 fully saturated rings. The molecule has 0 radical (unpaired) electrons. The SMILES string of the molecule is COC(C)c1noc(CN2CCCN(c3ccnc4ccc(Cl)cc34)CC2)n1. The molecule has 0 aliphatic carbocycles. The van der Waals surface area contributed by atoms with Crippen molar-refractivity contribution in [3.63, 3.8) is 0 Å². The van der Waals surface area contributed by atoms with Crippen molar-refractivity contribution in [3.05, 3.63) is 47.2 Å². The number of pyridine rings is 1. The number of benzene rings is 1. The molecule has 1 atom stereocenters. The van der Waals surface area contributed by atoms with Crippen molar-refractivity contribution in [3.8, 4) is 0 Å². The maximum Gasteiger partial charge on any atom is 0.240 e. The highest BCUT2D eigenvalue weighted by molar-refractivity contribution is 6.31. The number of aromatic nitrogens is 3. The Kier molecular flexibility index (Phi) is 5.75. The summed E-state index contributed by atoms with van der Waals surface area (Å²) >= 11 is 6.22. The van der Waals surface area contributed by atoms with E-state index in [1.807, 2.05) is 31.3 Å². The van der Waals surface area contributed by atoms with Crippen molar-refractivity contribution in [1.29, 1.82) is 0 Å². The molecule has 4 rings (SSSR count). The predicted molar refractivity (Wildman–Crippen MR) is 109 cm³/mol. The van der Waals surface area contributed by atoms with Gasteiger partial charge in [-0.3, -0.25) is 9.88 Å². The summed E-state index contributed by atoms with van der Waals surface area (Å²) < 4.78 is 10.6. The highest BCUT2D eigenvalue weighted by Crippen LogP contribution is 2.28. The molecule has 7 nitrogen and oxygen atoms in total. The van der Waals surface area contributed by atoms with Gasteiger partial charge in [0.25, 0.3) is 0 Å². The Labute approximate surface area is 169 Å². The number of methoxy groups -OCH3 is 1. The lowest BCUT2D eigenvalue weighted by atomic mass is 10.1. The molecule has 1 aromatic carbocycles. The molecule has 1 saturated heterocycles. The third-order valence-corrected chi connectivity index (χ3v) is 5.40. The average molecular weight is 402 g/mol. The molecule has 0 bridgehead atoms. The summed E-state index contributed by atoms with van der Waals surface area (Å²) in [5, 5.41) is 5.84. The summed E-state index contributed by atoms with van der Waals surface area (Å²) in [6, 6.07) is 7.93. The topological polar surface area (TPSA) is 67.5 Å². The number of fused-ring (bicyclic) bond motifs is 1. The van der Waals surface area contributed by atoms with Crippen LogP contribution in [-0.2, 0) is 11.3 Å². The van der Waals surface area contributed by atoms with Gasteiger partial charge in [0.2, 0.25) is 5.89 Å². The van der Waals surface area contributed by atoms with E-state index in [1.54, 1.807) is 7.11 Å². The molecule has 148 valence electrons. The van der Waals surface area contributed by atoms with Crippen LogP contribution in [0.4, 0.5) is 5.69 Å². The van der Waals surface area contributed by atoms with Gasteiger partial charge in [-0.2, -0.15) is 4.98 Å². The van der Waals surface area contributed by atoms with Crippen LogP contribution in [0.2, 0.25) is 5.02 Å². The molecule has 0 N–H and O–H groups in total. The quantitative estimate of drug-likeness (QED) is 0.645. The van der Waals surface area contributed by atoms with E-state index in [9.17, 15) is 0 Å². The van der Waals surface area contributed by atoms with Crippen LogP contribution >= 0.6 is 11.6 Å². The molecule has 0 saturated carbocycles. The first kappa shape index (κ1) is 19.1. The fourth-order valence-electron chi connectivity index (χ4n) is 3.54. The molecule has 8 heteroatoms. The Morgan fingerprint density at radius 3 is 2.96 bits per heavy atom. The molecule has 3 heterocycles. The smallest absolute Gasteiger partial charge is 0.240 e. The van der Waals surface area contributed by atoms with Gasteiger partial charge < -0.3 is 14.2 Å². The van der Waals surface area contributed by atoms with Gasteiger partial charge >= 0.3 is 0 Å². The van der Waals surface area contributed by atoms with Crippen LogP contribution in [0.5, 0.6) is 0 Å². The van der Waals surface area contributed by atoms with Crippen LogP contribution in [-0.4, -0.2) is 53.3 Å². The van der Waals surface area contributed by atoms with Crippen molar-refractivity contribution in [2.45, 2.75) is 26.0 Å². The zero-order chi connectivity index (χ0) is 19.5. The summed E-state index contributed by atoms with van der Waals surface area (Å²) in [7, 11) is 1.64. The second-order valence-corrected chi connectivity index (χ2v) is 7.47. The summed E-state index contributed by atoms with van der Waals surface area (Å²) in [5.74, 6) is 1.22. The summed E-state index contributed by atoms with van der Waals surface area (Å²) in [5.41, 5.74) is 2.15. The standard InChI is InChI=1S/C20H24ClN5O2/c1-14(27-2)20-23-19(28-24-20)13-25-8-3-9-26(11-10-25)18-6-7-22-17-5-4-15(21)12-16(17)18/h4-7,12,14H,3,8-11,13H2,1-2H3. The second kappa shape index (κ2) is 8.43. The molecule has 0 amide bonds. The number of rotatable bonds is 5. The Morgan fingerprint density at radius 2 is 2.11 bits per heavy atom. The number of anilines is 1. The lowest BCUT2D eigenvalue weighted by molar-refractivity contribution is 0.109. The van der Waals surface area contributed by atoms with Crippen molar-refractivity contribution in [2.75, 3.05) is 38.2 Å². The maximum atomic E-state index is 6.22. The molecular formula is C20H24ClN5O2. The highest BCUT2D eigenvalue weighted by atomic mass is 35.5. The molecule has 2 aromatic heterocycles. The number of nitrogens with zero attached hydrogens (tertiary/aromatic N) is 5. The molecule has 3 aromatic rings. The van der Waals surface area contributed by atoms with Gasteiger partial charge in [0.05, 0.1) is 12.1 Å². The van der Waals surface area contributed by atoms with E-state index in [1.165, 1.54) is 5.69 Å². The molecular weight excluding hydrogens is 378 g/mol. The van der Waals surface area contributed by atoms with Gasteiger partial charge in [-0.05, 0) is 37.6 Å². The van der Waals surface area contributed by atoms with E-state index in [0.717, 1.165) is 48.5 Å². The van der Waals surface area contributed by atoms with E-state index in [2.05, 4.69) is 31.0 Å². The average Bonchev–Trinajstić information content (AvgIpc) is 3.05. The van der Waals surface area contributed by atoms with E-state index in [-0.39, 0.29) is 6.10 Å². The van der Waals surface area contributed by atoms with E-state index >= 15 is 0 Å². The molecule has 1 unspecified atom stereocenters. The van der Waals surface area contributed by atoms with Crippen LogP contribution in [0, 0.1) is 0 Å². The Hall–Kier alpha value is -2.22. The van der Waals surface area contributed by atoms with E-state index in [4.69, 9.17) is 20.9 Å². The second-order valence-electron chi connectivity index (χ2n) is 7.03. The van der Waals surface area contributed by atoms with Crippen molar-refractivity contribution in [2.24, 2.45) is 0 Å². The largest absolute Gasteiger partial charge is 0.374 e. The first-order valence-corrected chi connectivity index (χ1v) is 9.88. The zero-order valence-corrected chi connectivity index (χ0v) is 16.9. The van der Waals surface area contributed by atoms with Crippen LogP contribution in [0.25, 0.3) is 10.9 Å². The summed E-state index contributed by atoms with van der Waals surface area (Å²) in [6.07, 6.45) is 2.76. The van der Waals surface area contributed by atoms with Gasteiger partial charge in [-0.25, -0.2) is 0 Å². The third kappa shape index (κ3) is 4.11. The minimum Gasteiger partial charge on any atom is -0.374 e. The van der Waals surface area contributed by atoms with Gasteiger partial charge in [0.1, 0.15) is 6.10 Å². The monoisotopic (exact) mass is 401 g/mol. The Morgan fingerprint density at radius 1 is 1.21 bits per heavy atom.